The van der Waals surface area contributed by atoms with E-state index >= 15 is 0 Å². The SMILES string of the molecule is N=C(/C(=C1\NC(c2ccccc2)=Cc2c1cccc2-c1cc(-c2cccc(-c3ccccc3)c2)nc(-c2cccc(-c3ccccc3)c2)n1)c1ccccc1)c1ccccc1. The van der Waals surface area contributed by atoms with Crippen molar-refractivity contribution in [3.05, 3.63) is 252 Å². The normalized spacial score (nSPS) is 12.8. The van der Waals surface area contributed by atoms with Crippen LogP contribution in [0.1, 0.15) is 27.8 Å². The molecule has 0 radical (unpaired) electrons. The molecular formula is C57H40N4. The van der Waals surface area contributed by atoms with Crippen molar-refractivity contribution in [1.82, 2.24) is 15.3 Å². The second-order valence-corrected chi connectivity index (χ2v) is 15.0. The van der Waals surface area contributed by atoms with E-state index in [1.54, 1.807) is 0 Å². The first-order valence-electron chi connectivity index (χ1n) is 20.5. The van der Waals surface area contributed by atoms with Gasteiger partial charge in [-0.05, 0) is 63.2 Å². The Morgan fingerprint density at radius 2 is 0.836 bits per heavy atom. The van der Waals surface area contributed by atoms with Gasteiger partial charge in [-0.1, -0.05) is 206 Å². The number of aromatic nitrogens is 2. The van der Waals surface area contributed by atoms with E-state index in [2.05, 4.69) is 169 Å². The standard InChI is InChI=1S/C57H40N4/c58-55(43-27-14-5-15-28-43)54(42-25-12-4-13-26-42)56-49-34-18-33-48(50(49)37-51(59-56)41-23-10-3-11-24-41)53-38-52(46-31-16-29-44(35-46)39-19-6-1-7-20-39)60-57(61-53)47-32-17-30-45(36-47)40-21-8-2-9-22-40/h1-38,58-59H/b56-54-,58-55?. The number of allylic oxidation sites excluding steroid dienone is 1. The predicted molar refractivity (Wildman–Crippen MR) is 253 cm³/mol. The minimum absolute atomic E-state index is 0.433. The Bertz CT molecular complexity index is 2980. The van der Waals surface area contributed by atoms with Crippen LogP contribution in [0.2, 0.25) is 0 Å². The molecule has 288 valence electrons. The zero-order chi connectivity index (χ0) is 41.0. The smallest absolute Gasteiger partial charge is 0.160 e. The van der Waals surface area contributed by atoms with E-state index in [1.165, 1.54) is 0 Å². The summed E-state index contributed by atoms with van der Waals surface area (Å²) in [6, 6.07) is 77.1. The molecule has 4 nitrogen and oxygen atoms in total. The maximum absolute atomic E-state index is 9.76. The van der Waals surface area contributed by atoms with Crippen LogP contribution in [-0.4, -0.2) is 15.7 Å². The summed E-state index contributed by atoms with van der Waals surface area (Å²) < 4.78 is 0. The summed E-state index contributed by atoms with van der Waals surface area (Å²) in [6.45, 7) is 0. The molecule has 1 aliphatic heterocycles. The van der Waals surface area contributed by atoms with Crippen LogP contribution in [0.4, 0.5) is 0 Å². The van der Waals surface area contributed by atoms with E-state index in [0.717, 1.165) is 95.1 Å². The summed E-state index contributed by atoms with van der Waals surface area (Å²) in [5.74, 6) is 0.640. The largest absolute Gasteiger partial charge is 0.354 e. The lowest BCUT2D eigenvalue weighted by Crippen LogP contribution is -2.20. The average Bonchev–Trinajstić information content (AvgIpc) is 3.35. The van der Waals surface area contributed by atoms with Crippen LogP contribution >= 0.6 is 0 Å². The van der Waals surface area contributed by atoms with Crippen molar-refractivity contribution >= 4 is 28.8 Å². The van der Waals surface area contributed by atoms with Crippen LogP contribution in [0.3, 0.4) is 0 Å². The lowest BCUT2D eigenvalue weighted by molar-refractivity contribution is 1.18. The van der Waals surface area contributed by atoms with Crippen LogP contribution in [0.15, 0.2) is 224 Å². The molecule has 0 aliphatic carbocycles. The molecule has 2 N–H and O–H groups in total. The summed E-state index contributed by atoms with van der Waals surface area (Å²) in [4.78, 5) is 10.7. The monoisotopic (exact) mass is 780 g/mol. The van der Waals surface area contributed by atoms with Gasteiger partial charge in [-0.25, -0.2) is 9.97 Å². The lowest BCUT2D eigenvalue weighted by atomic mass is 9.86. The molecule has 4 heteroatoms. The minimum atomic E-state index is 0.433. The molecule has 0 fully saturated rings. The number of rotatable bonds is 9. The second kappa shape index (κ2) is 16.6. The number of fused-ring (bicyclic) bond motifs is 1. The molecule has 1 aliphatic rings. The molecule has 0 unspecified atom stereocenters. The van der Waals surface area contributed by atoms with Crippen LogP contribution in [-0.2, 0) is 0 Å². The maximum Gasteiger partial charge on any atom is 0.160 e. The molecule has 10 rings (SSSR count). The molecule has 0 saturated carbocycles. The Labute approximate surface area is 356 Å². The van der Waals surface area contributed by atoms with Gasteiger partial charge >= 0.3 is 0 Å². The van der Waals surface area contributed by atoms with E-state index < -0.39 is 0 Å². The summed E-state index contributed by atoms with van der Waals surface area (Å²) in [5.41, 5.74) is 16.9. The van der Waals surface area contributed by atoms with Gasteiger partial charge in [-0.3, -0.25) is 5.41 Å². The Hall–Kier alpha value is -8.21. The number of hydrogen-bond donors (Lipinski definition) is 2. The van der Waals surface area contributed by atoms with Crippen molar-refractivity contribution in [2.24, 2.45) is 0 Å². The zero-order valence-electron chi connectivity index (χ0n) is 33.3. The van der Waals surface area contributed by atoms with E-state index in [1.807, 2.05) is 66.7 Å². The maximum atomic E-state index is 9.76. The molecule has 9 aromatic rings. The highest BCUT2D eigenvalue weighted by Crippen LogP contribution is 2.41. The average molecular weight is 781 g/mol. The Morgan fingerprint density at radius 3 is 1.46 bits per heavy atom. The van der Waals surface area contributed by atoms with Crippen molar-refractivity contribution in [1.29, 1.82) is 5.41 Å². The lowest BCUT2D eigenvalue weighted by Gasteiger charge is -2.27. The molecule has 61 heavy (non-hydrogen) atoms. The highest BCUT2D eigenvalue weighted by molar-refractivity contribution is 6.36. The van der Waals surface area contributed by atoms with E-state index in [0.29, 0.717) is 11.5 Å². The van der Waals surface area contributed by atoms with E-state index in [4.69, 9.17) is 9.97 Å². The molecular weight excluding hydrogens is 741 g/mol. The fourth-order valence-corrected chi connectivity index (χ4v) is 8.10. The third-order valence-corrected chi connectivity index (χ3v) is 11.1. The van der Waals surface area contributed by atoms with Gasteiger partial charge in [0.2, 0.25) is 0 Å². The first-order chi connectivity index (χ1) is 30.2. The van der Waals surface area contributed by atoms with Gasteiger partial charge in [0.1, 0.15) is 0 Å². The van der Waals surface area contributed by atoms with Crippen LogP contribution in [0.25, 0.3) is 79.2 Å². The highest BCUT2D eigenvalue weighted by atomic mass is 14.9. The molecule has 8 aromatic carbocycles. The first-order valence-corrected chi connectivity index (χ1v) is 20.5. The van der Waals surface area contributed by atoms with Crippen molar-refractivity contribution in [2.45, 2.75) is 0 Å². The number of hydrogen-bond acceptors (Lipinski definition) is 4. The fourth-order valence-electron chi connectivity index (χ4n) is 8.10. The fraction of sp³-hybridized carbons (Fsp3) is 0. The Kier molecular flexibility index (Phi) is 10.1. The number of nitrogens with one attached hydrogen (secondary N) is 2. The zero-order valence-corrected chi connectivity index (χ0v) is 33.3. The molecule has 0 atom stereocenters. The topological polar surface area (TPSA) is 61.7 Å². The quantitative estimate of drug-likeness (QED) is 0.143. The van der Waals surface area contributed by atoms with Crippen LogP contribution < -0.4 is 5.32 Å². The molecule has 0 amide bonds. The van der Waals surface area contributed by atoms with Crippen LogP contribution in [0.5, 0.6) is 0 Å². The summed E-state index contributed by atoms with van der Waals surface area (Å²) in [5, 5.41) is 13.6. The third-order valence-electron chi connectivity index (χ3n) is 11.1. The van der Waals surface area contributed by atoms with Crippen LogP contribution in [0, 0.1) is 5.41 Å². The third kappa shape index (κ3) is 7.62. The second-order valence-electron chi connectivity index (χ2n) is 15.0. The molecule has 1 aromatic heterocycles. The number of nitrogens with zero attached hydrogens (tertiary/aromatic N) is 2. The van der Waals surface area contributed by atoms with Gasteiger partial charge in [0.05, 0.1) is 22.8 Å². The number of benzene rings is 8. The summed E-state index contributed by atoms with van der Waals surface area (Å²) in [7, 11) is 0. The van der Waals surface area contributed by atoms with Gasteiger partial charge < -0.3 is 5.32 Å². The van der Waals surface area contributed by atoms with Crippen molar-refractivity contribution in [3.8, 4) is 56.2 Å². The molecule has 0 spiro atoms. The minimum Gasteiger partial charge on any atom is -0.354 e. The predicted octanol–water partition coefficient (Wildman–Crippen LogP) is 13.8. The van der Waals surface area contributed by atoms with E-state index in [-0.39, 0.29) is 0 Å². The van der Waals surface area contributed by atoms with Gasteiger partial charge in [-0.2, -0.15) is 0 Å². The van der Waals surface area contributed by atoms with E-state index in [9.17, 15) is 5.41 Å². The first kappa shape index (κ1) is 37.1. The Morgan fingerprint density at radius 1 is 0.377 bits per heavy atom. The molecule has 0 bridgehead atoms. The van der Waals surface area contributed by atoms with Crippen molar-refractivity contribution < 1.29 is 0 Å². The highest BCUT2D eigenvalue weighted by Gasteiger charge is 2.26. The summed E-state index contributed by atoms with van der Waals surface area (Å²) >= 11 is 0. The van der Waals surface area contributed by atoms with Crippen molar-refractivity contribution in [2.75, 3.05) is 0 Å². The van der Waals surface area contributed by atoms with Gasteiger partial charge in [-0.15, -0.1) is 0 Å². The summed E-state index contributed by atoms with van der Waals surface area (Å²) in [6.07, 6.45) is 2.23. The van der Waals surface area contributed by atoms with Gasteiger partial charge in [0.15, 0.2) is 5.82 Å². The molecule has 0 saturated heterocycles. The van der Waals surface area contributed by atoms with Crippen molar-refractivity contribution in [3.63, 3.8) is 0 Å². The van der Waals surface area contributed by atoms with Gasteiger partial charge in [0, 0.05) is 39.1 Å². The molecule has 2 heterocycles. The Balaban J connectivity index is 1.22. The van der Waals surface area contributed by atoms with Gasteiger partial charge in [0.25, 0.3) is 0 Å².